The average Bonchev–Trinajstić information content (AvgIpc) is 2.94. The Kier molecular flexibility index (Phi) is 3.42. The zero-order valence-corrected chi connectivity index (χ0v) is 11.9. The zero-order chi connectivity index (χ0) is 14.8. The topological polar surface area (TPSA) is 76.1 Å². The van der Waals surface area contributed by atoms with Gasteiger partial charge < -0.3 is 4.74 Å². The van der Waals surface area contributed by atoms with E-state index in [1.54, 1.807) is 19.1 Å². The average molecular weight is 300 g/mol. The van der Waals surface area contributed by atoms with E-state index in [1.165, 1.54) is 10.8 Å². The number of rotatable bonds is 3. The summed E-state index contributed by atoms with van der Waals surface area (Å²) in [4.78, 5) is 8.12. The van der Waals surface area contributed by atoms with E-state index in [-0.39, 0.29) is 0 Å². The van der Waals surface area contributed by atoms with E-state index in [2.05, 4.69) is 21.1 Å². The molecule has 0 N–H and O–H groups in total. The molecule has 0 aliphatic carbocycles. The van der Waals surface area contributed by atoms with E-state index in [1.807, 2.05) is 12.1 Å². The number of nitriles is 1. The van der Waals surface area contributed by atoms with Crippen LogP contribution in [0.4, 0.5) is 0 Å². The van der Waals surface area contributed by atoms with Crippen LogP contribution in [-0.2, 0) is 6.42 Å². The van der Waals surface area contributed by atoms with Crippen molar-refractivity contribution in [3.63, 3.8) is 0 Å². The maximum absolute atomic E-state index is 8.66. The summed E-state index contributed by atoms with van der Waals surface area (Å²) in [6, 6.07) is 9.38. The third-order valence-corrected chi connectivity index (χ3v) is 3.34. The van der Waals surface area contributed by atoms with Gasteiger partial charge in [0.25, 0.3) is 5.78 Å². The van der Waals surface area contributed by atoms with Gasteiger partial charge in [-0.25, -0.2) is 0 Å². The molecule has 0 saturated carbocycles. The zero-order valence-electron chi connectivity index (χ0n) is 11.1. The van der Waals surface area contributed by atoms with E-state index in [9.17, 15) is 0 Å². The van der Waals surface area contributed by atoms with E-state index in [0.29, 0.717) is 34.5 Å². The van der Waals surface area contributed by atoms with Crippen LogP contribution in [0.5, 0.6) is 11.6 Å². The van der Waals surface area contributed by atoms with E-state index in [4.69, 9.17) is 21.6 Å². The number of nitrogens with zero attached hydrogens (tertiary/aromatic N) is 5. The Balaban J connectivity index is 1.99. The molecule has 0 fully saturated rings. The van der Waals surface area contributed by atoms with Gasteiger partial charge in [0.15, 0.2) is 0 Å². The molecule has 0 spiro atoms. The van der Waals surface area contributed by atoms with Crippen LogP contribution in [0, 0.1) is 18.3 Å². The Morgan fingerprint density at radius 3 is 2.81 bits per heavy atom. The van der Waals surface area contributed by atoms with E-state index >= 15 is 0 Å². The molecule has 0 amide bonds. The molecule has 0 bridgehead atoms. The van der Waals surface area contributed by atoms with Gasteiger partial charge in [-0.15, -0.1) is 0 Å². The molecule has 6 nitrogen and oxygen atoms in total. The van der Waals surface area contributed by atoms with Gasteiger partial charge in [-0.2, -0.15) is 24.8 Å². The van der Waals surface area contributed by atoms with Gasteiger partial charge in [0.1, 0.15) is 17.2 Å². The predicted octanol–water partition coefficient (Wildman–Crippen LogP) is 2.94. The van der Waals surface area contributed by atoms with Crippen molar-refractivity contribution in [2.24, 2.45) is 0 Å². The Hall–Kier alpha value is -2.65. The second kappa shape index (κ2) is 5.38. The quantitative estimate of drug-likeness (QED) is 0.695. The fraction of sp³-hybridized carbons (Fsp3) is 0.143. The lowest BCUT2D eigenvalue weighted by Gasteiger charge is -2.10. The van der Waals surface area contributed by atoms with Gasteiger partial charge in [-0.3, -0.25) is 0 Å². The Morgan fingerprint density at radius 1 is 1.33 bits per heavy atom. The minimum Gasteiger partial charge on any atom is -0.438 e. The molecular formula is C14H10ClN5O. The molecule has 3 rings (SSSR count). The lowest BCUT2D eigenvalue weighted by Crippen LogP contribution is -2.01. The molecule has 2 heterocycles. The monoisotopic (exact) mass is 299 g/mol. The van der Waals surface area contributed by atoms with Crippen molar-refractivity contribution >= 4 is 17.4 Å². The van der Waals surface area contributed by atoms with Crippen molar-refractivity contribution < 1.29 is 4.74 Å². The molecule has 0 aliphatic heterocycles. The molecule has 0 atom stereocenters. The van der Waals surface area contributed by atoms with E-state index in [0.717, 1.165) is 5.56 Å². The van der Waals surface area contributed by atoms with Crippen LogP contribution in [0.2, 0.25) is 5.15 Å². The molecular weight excluding hydrogens is 290 g/mol. The van der Waals surface area contributed by atoms with E-state index < -0.39 is 0 Å². The lowest BCUT2D eigenvalue weighted by atomic mass is 10.2. The first-order valence-electron chi connectivity index (χ1n) is 6.18. The van der Waals surface area contributed by atoms with Gasteiger partial charge in [0, 0.05) is 5.56 Å². The molecule has 7 heteroatoms. The summed E-state index contributed by atoms with van der Waals surface area (Å²) >= 11 is 6.07. The Bertz CT molecular complexity index is 835. The molecule has 3 aromatic rings. The highest BCUT2D eigenvalue weighted by molar-refractivity contribution is 6.30. The van der Waals surface area contributed by atoms with Crippen LogP contribution in [0.3, 0.4) is 0 Å². The number of aromatic nitrogens is 4. The first-order chi connectivity index (χ1) is 10.2. The summed E-state index contributed by atoms with van der Waals surface area (Å²) in [7, 11) is 0. The summed E-state index contributed by atoms with van der Waals surface area (Å²) in [5, 5.41) is 13.1. The van der Waals surface area contributed by atoms with Crippen molar-refractivity contribution in [2.75, 3.05) is 0 Å². The molecule has 0 radical (unpaired) electrons. The predicted molar refractivity (Wildman–Crippen MR) is 76.4 cm³/mol. The van der Waals surface area contributed by atoms with Crippen LogP contribution < -0.4 is 4.74 Å². The van der Waals surface area contributed by atoms with Gasteiger partial charge in [-0.05, 0) is 24.6 Å². The summed E-state index contributed by atoms with van der Waals surface area (Å²) in [5.74, 6) is 1.47. The third kappa shape index (κ3) is 2.51. The van der Waals surface area contributed by atoms with Crippen LogP contribution in [0.1, 0.15) is 11.1 Å². The molecule has 2 aromatic heterocycles. The highest BCUT2D eigenvalue weighted by atomic mass is 35.5. The third-order valence-electron chi connectivity index (χ3n) is 2.97. The first-order valence-corrected chi connectivity index (χ1v) is 6.56. The van der Waals surface area contributed by atoms with Gasteiger partial charge in [-0.1, -0.05) is 23.7 Å². The summed E-state index contributed by atoms with van der Waals surface area (Å²) in [6.45, 7) is 1.80. The normalized spacial score (nSPS) is 10.5. The minimum atomic E-state index is 0.326. The number of hydrogen-bond acceptors (Lipinski definition) is 5. The Labute approximate surface area is 125 Å². The van der Waals surface area contributed by atoms with Crippen molar-refractivity contribution in [3.05, 3.63) is 46.9 Å². The van der Waals surface area contributed by atoms with Crippen molar-refractivity contribution in [3.8, 4) is 17.7 Å². The molecule has 104 valence electrons. The number of ether oxygens (including phenoxy) is 1. The number of hydrogen-bond donors (Lipinski definition) is 0. The maximum atomic E-state index is 8.66. The van der Waals surface area contributed by atoms with Gasteiger partial charge >= 0.3 is 0 Å². The van der Waals surface area contributed by atoms with Gasteiger partial charge in [0.05, 0.1) is 12.5 Å². The SMILES string of the molecule is Cc1c(Cl)nc2ncnn2c1Oc1ccc(CC#N)cc1. The Morgan fingerprint density at radius 2 is 2.10 bits per heavy atom. The summed E-state index contributed by atoms with van der Waals surface area (Å²) in [5.41, 5.74) is 1.61. The second-order valence-corrected chi connectivity index (χ2v) is 4.74. The van der Waals surface area contributed by atoms with Crippen molar-refractivity contribution in [1.82, 2.24) is 19.6 Å². The van der Waals surface area contributed by atoms with Crippen LogP contribution in [-0.4, -0.2) is 19.6 Å². The molecule has 0 aliphatic rings. The van der Waals surface area contributed by atoms with Crippen LogP contribution in [0.15, 0.2) is 30.6 Å². The number of halogens is 1. The fourth-order valence-corrected chi connectivity index (χ4v) is 2.03. The first kappa shape index (κ1) is 13.3. The van der Waals surface area contributed by atoms with Crippen LogP contribution >= 0.6 is 11.6 Å². The van der Waals surface area contributed by atoms with Crippen molar-refractivity contribution in [2.45, 2.75) is 13.3 Å². The molecule has 0 saturated heterocycles. The van der Waals surface area contributed by atoms with Crippen molar-refractivity contribution in [1.29, 1.82) is 5.26 Å². The molecule has 1 aromatic carbocycles. The molecule has 21 heavy (non-hydrogen) atoms. The smallest absolute Gasteiger partial charge is 0.256 e. The lowest BCUT2D eigenvalue weighted by molar-refractivity contribution is 0.441. The largest absolute Gasteiger partial charge is 0.438 e. The van der Waals surface area contributed by atoms with Crippen LogP contribution in [0.25, 0.3) is 5.78 Å². The summed E-state index contributed by atoms with van der Waals surface area (Å²) < 4.78 is 7.34. The van der Waals surface area contributed by atoms with Gasteiger partial charge in [0.2, 0.25) is 5.88 Å². The fourth-order valence-electron chi connectivity index (χ4n) is 1.87. The number of benzene rings is 1. The second-order valence-electron chi connectivity index (χ2n) is 4.39. The molecule has 0 unspecified atom stereocenters. The number of fused-ring (bicyclic) bond motifs is 1. The standard InChI is InChI=1S/C14H10ClN5O/c1-9-12(15)19-14-17-8-18-20(14)13(9)21-11-4-2-10(3-5-11)6-7-16/h2-5,8H,6H2,1H3. The highest BCUT2D eigenvalue weighted by Crippen LogP contribution is 2.28. The minimum absolute atomic E-state index is 0.326. The summed E-state index contributed by atoms with van der Waals surface area (Å²) in [6.07, 6.45) is 1.76. The maximum Gasteiger partial charge on any atom is 0.256 e. The highest BCUT2D eigenvalue weighted by Gasteiger charge is 2.14.